The smallest absolute Gasteiger partial charge is 0.341 e. The molecule has 0 saturated heterocycles. The largest absolute Gasteiger partial charge is 0.456 e. The second-order valence-corrected chi connectivity index (χ2v) is 6.36. The molecule has 1 aromatic carbocycles. The summed E-state index contributed by atoms with van der Waals surface area (Å²) in [6.45, 7) is 7.01. The third kappa shape index (κ3) is 3.83. The number of esters is 1. The molecule has 5 heteroatoms. The molecule has 0 N–H and O–H groups in total. The van der Waals surface area contributed by atoms with Crippen LogP contribution in [-0.2, 0) is 4.74 Å². The summed E-state index contributed by atoms with van der Waals surface area (Å²) in [4.78, 5) is 16.2. The second-order valence-electron chi connectivity index (χ2n) is 6.00. The van der Waals surface area contributed by atoms with E-state index in [1.165, 1.54) is 12.1 Å². The highest BCUT2D eigenvalue weighted by molar-refractivity contribution is 6.32. The molecule has 0 spiro atoms. The van der Waals surface area contributed by atoms with Crippen molar-refractivity contribution < 1.29 is 13.9 Å². The Kier molecular flexibility index (Phi) is 4.52. The number of benzene rings is 1. The lowest BCUT2D eigenvalue weighted by atomic mass is 10.1. The van der Waals surface area contributed by atoms with Crippen LogP contribution in [0.25, 0.3) is 11.3 Å². The van der Waals surface area contributed by atoms with Crippen LogP contribution in [0.1, 0.15) is 36.7 Å². The molecule has 0 radical (unpaired) electrons. The lowest BCUT2D eigenvalue weighted by Gasteiger charge is -2.19. The van der Waals surface area contributed by atoms with Gasteiger partial charge < -0.3 is 4.74 Å². The maximum atomic E-state index is 13.6. The summed E-state index contributed by atoms with van der Waals surface area (Å²) in [6, 6.07) is 7.97. The van der Waals surface area contributed by atoms with Crippen LogP contribution in [-0.4, -0.2) is 16.6 Å². The molecular formula is C17H17ClFNO2. The highest BCUT2D eigenvalue weighted by Crippen LogP contribution is 2.25. The van der Waals surface area contributed by atoms with Gasteiger partial charge in [0.2, 0.25) is 0 Å². The molecule has 1 aromatic heterocycles. The zero-order chi connectivity index (χ0) is 16.5. The molecule has 0 unspecified atom stereocenters. The Hall–Kier alpha value is -1.94. The first kappa shape index (κ1) is 16.4. The third-order valence-electron chi connectivity index (χ3n) is 2.94. The van der Waals surface area contributed by atoms with E-state index < -0.39 is 11.6 Å². The van der Waals surface area contributed by atoms with Crippen LogP contribution in [0, 0.1) is 12.7 Å². The fourth-order valence-corrected chi connectivity index (χ4v) is 2.06. The van der Waals surface area contributed by atoms with Gasteiger partial charge in [-0.05, 0) is 51.5 Å². The molecule has 0 saturated carbocycles. The van der Waals surface area contributed by atoms with Gasteiger partial charge >= 0.3 is 5.97 Å². The standard InChI is InChI=1S/C17H17ClFNO2/c1-10-5-6-11(9-13(10)19)14-8-7-12(15(18)20-14)16(21)22-17(2,3)4/h5-9H,1-4H3. The first-order chi connectivity index (χ1) is 10.2. The van der Waals surface area contributed by atoms with Gasteiger partial charge in [0, 0.05) is 5.56 Å². The number of aryl methyl sites for hydroxylation is 1. The summed E-state index contributed by atoms with van der Waals surface area (Å²) in [5.41, 5.74) is 1.23. The molecule has 0 aliphatic carbocycles. The zero-order valence-electron chi connectivity index (χ0n) is 12.9. The predicted octanol–water partition coefficient (Wildman–Crippen LogP) is 4.80. The Morgan fingerprint density at radius 1 is 1.23 bits per heavy atom. The SMILES string of the molecule is Cc1ccc(-c2ccc(C(=O)OC(C)(C)C)c(Cl)n2)cc1F. The van der Waals surface area contributed by atoms with Crippen molar-refractivity contribution in [3.05, 3.63) is 52.4 Å². The Balaban J connectivity index is 2.33. The van der Waals surface area contributed by atoms with Crippen LogP contribution in [0.5, 0.6) is 0 Å². The summed E-state index contributed by atoms with van der Waals surface area (Å²) in [6.07, 6.45) is 0. The van der Waals surface area contributed by atoms with Gasteiger partial charge in [-0.2, -0.15) is 0 Å². The molecule has 0 bridgehead atoms. The number of nitrogens with zero attached hydrogens (tertiary/aromatic N) is 1. The van der Waals surface area contributed by atoms with E-state index in [9.17, 15) is 9.18 Å². The molecular weight excluding hydrogens is 305 g/mol. The van der Waals surface area contributed by atoms with E-state index in [1.807, 2.05) is 0 Å². The van der Waals surface area contributed by atoms with Crippen LogP contribution in [0.15, 0.2) is 30.3 Å². The summed E-state index contributed by atoms with van der Waals surface area (Å²) < 4.78 is 18.9. The molecule has 22 heavy (non-hydrogen) atoms. The number of aromatic nitrogens is 1. The van der Waals surface area contributed by atoms with E-state index in [-0.39, 0.29) is 16.5 Å². The molecule has 0 fully saturated rings. The van der Waals surface area contributed by atoms with Gasteiger partial charge in [0.1, 0.15) is 16.6 Å². The van der Waals surface area contributed by atoms with E-state index in [0.717, 1.165) is 0 Å². The molecule has 1 heterocycles. The van der Waals surface area contributed by atoms with Crippen molar-refractivity contribution in [3.63, 3.8) is 0 Å². The second kappa shape index (κ2) is 6.05. The number of hydrogen-bond acceptors (Lipinski definition) is 3. The van der Waals surface area contributed by atoms with Crippen LogP contribution in [0.2, 0.25) is 5.15 Å². The first-order valence-electron chi connectivity index (χ1n) is 6.84. The van der Waals surface area contributed by atoms with Crippen molar-refractivity contribution in [1.29, 1.82) is 0 Å². The van der Waals surface area contributed by atoms with E-state index >= 15 is 0 Å². The van der Waals surface area contributed by atoms with Gasteiger partial charge in [0.25, 0.3) is 0 Å². The average molecular weight is 322 g/mol. The minimum atomic E-state index is -0.612. The van der Waals surface area contributed by atoms with E-state index in [0.29, 0.717) is 16.8 Å². The van der Waals surface area contributed by atoms with Crippen molar-refractivity contribution in [3.8, 4) is 11.3 Å². The van der Waals surface area contributed by atoms with E-state index in [4.69, 9.17) is 16.3 Å². The first-order valence-corrected chi connectivity index (χ1v) is 7.21. The molecule has 3 nitrogen and oxygen atoms in total. The number of pyridine rings is 1. The monoisotopic (exact) mass is 321 g/mol. The van der Waals surface area contributed by atoms with Crippen molar-refractivity contribution in [2.24, 2.45) is 0 Å². The highest BCUT2D eigenvalue weighted by Gasteiger charge is 2.21. The lowest BCUT2D eigenvalue weighted by molar-refractivity contribution is 0.00693. The topological polar surface area (TPSA) is 39.2 Å². The average Bonchev–Trinajstić information content (AvgIpc) is 2.39. The van der Waals surface area contributed by atoms with Crippen molar-refractivity contribution in [2.75, 3.05) is 0 Å². The Morgan fingerprint density at radius 3 is 2.45 bits per heavy atom. The fraction of sp³-hybridized carbons (Fsp3) is 0.294. The van der Waals surface area contributed by atoms with Crippen molar-refractivity contribution >= 4 is 17.6 Å². The Labute approximate surface area is 134 Å². The van der Waals surface area contributed by atoms with E-state index in [2.05, 4.69) is 4.98 Å². The Bertz CT molecular complexity index is 723. The molecule has 116 valence electrons. The lowest BCUT2D eigenvalue weighted by Crippen LogP contribution is -2.24. The van der Waals surface area contributed by atoms with Crippen molar-refractivity contribution in [1.82, 2.24) is 4.98 Å². The predicted molar refractivity (Wildman–Crippen MR) is 84.5 cm³/mol. The zero-order valence-corrected chi connectivity index (χ0v) is 13.7. The molecule has 2 aromatic rings. The minimum Gasteiger partial charge on any atom is -0.456 e. The highest BCUT2D eigenvalue weighted by atomic mass is 35.5. The maximum Gasteiger partial charge on any atom is 0.341 e. The number of hydrogen-bond donors (Lipinski definition) is 0. The van der Waals surface area contributed by atoms with E-state index in [1.54, 1.807) is 45.9 Å². The summed E-state index contributed by atoms with van der Waals surface area (Å²) in [5.74, 6) is -0.849. The number of rotatable bonds is 2. The number of carbonyl (C=O) groups excluding carboxylic acids is 1. The van der Waals surface area contributed by atoms with Gasteiger partial charge in [-0.25, -0.2) is 14.2 Å². The maximum absolute atomic E-state index is 13.6. The number of halogens is 2. The quantitative estimate of drug-likeness (QED) is 0.589. The van der Waals surface area contributed by atoms with Crippen LogP contribution in [0.4, 0.5) is 4.39 Å². The summed E-state index contributed by atoms with van der Waals surface area (Å²) in [7, 11) is 0. The third-order valence-corrected chi connectivity index (χ3v) is 3.22. The van der Waals surface area contributed by atoms with Crippen LogP contribution < -0.4 is 0 Å². The number of carbonyl (C=O) groups is 1. The molecule has 0 atom stereocenters. The van der Waals surface area contributed by atoms with Crippen LogP contribution in [0.3, 0.4) is 0 Å². The summed E-state index contributed by atoms with van der Waals surface area (Å²) in [5, 5.41) is 0.0349. The van der Waals surface area contributed by atoms with Crippen molar-refractivity contribution in [2.45, 2.75) is 33.3 Å². The molecule has 0 aliphatic rings. The normalized spacial score (nSPS) is 11.4. The number of ether oxygens (including phenoxy) is 1. The van der Waals surface area contributed by atoms with Gasteiger partial charge in [0.15, 0.2) is 0 Å². The van der Waals surface area contributed by atoms with Gasteiger partial charge in [0.05, 0.1) is 11.3 Å². The summed E-state index contributed by atoms with van der Waals surface area (Å²) >= 11 is 6.07. The fourth-order valence-electron chi connectivity index (χ4n) is 1.83. The Morgan fingerprint density at radius 2 is 1.91 bits per heavy atom. The van der Waals surface area contributed by atoms with Gasteiger partial charge in [-0.1, -0.05) is 23.7 Å². The van der Waals surface area contributed by atoms with Crippen LogP contribution >= 0.6 is 11.6 Å². The van der Waals surface area contributed by atoms with Gasteiger partial charge in [-0.3, -0.25) is 0 Å². The van der Waals surface area contributed by atoms with Gasteiger partial charge in [-0.15, -0.1) is 0 Å². The molecule has 0 amide bonds. The molecule has 0 aliphatic heterocycles. The minimum absolute atomic E-state index is 0.0349. The molecule has 2 rings (SSSR count).